The second-order valence-corrected chi connectivity index (χ2v) is 4.67. The SMILES string of the molecule is CC.CCC1(CN2CCC(F)(F)C2)CC1. The van der Waals surface area contributed by atoms with E-state index < -0.39 is 5.92 Å². The highest BCUT2D eigenvalue weighted by atomic mass is 19.3. The van der Waals surface area contributed by atoms with E-state index in [9.17, 15) is 8.78 Å². The molecular weight excluding hydrogens is 196 g/mol. The molecule has 1 heterocycles. The first-order valence-electron chi connectivity index (χ1n) is 6.16. The third-order valence-electron chi connectivity index (χ3n) is 3.51. The van der Waals surface area contributed by atoms with Gasteiger partial charge >= 0.3 is 0 Å². The van der Waals surface area contributed by atoms with Crippen LogP contribution in [0.3, 0.4) is 0 Å². The molecule has 1 saturated heterocycles. The van der Waals surface area contributed by atoms with Crippen LogP contribution >= 0.6 is 0 Å². The lowest BCUT2D eigenvalue weighted by molar-refractivity contribution is 0.0103. The van der Waals surface area contributed by atoms with Crippen molar-refractivity contribution in [3.05, 3.63) is 0 Å². The molecule has 3 heteroatoms. The van der Waals surface area contributed by atoms with Gasteiger partial charge in [-0.25, -0.2) is 8.78 Å². The number of rotatable bonds is 3. The summed E-state index contributed by atoms with van der Waals surface area (Å²) in [6.07, 6.45) is 3.69. The van der Waals surface area contributed by atoms with Crippen LogP contribution in [0.25, 0.3) is 0 Å². The van der Waals surface area contributed by atoms with Crippen molar-refractivity contribution >= 4 is 0 Å². The smallest absolute Gasteiger partial charge is 0.261 e. The van der Waals surface area contributed by atoms with Gasteiger partial charge in [-0.3, -0.25) is 4.90 Å². The molecule has 90 valence electrons. The molecule has 1 aliphatic heterocycles. The molecule has 0 unspecified atom stereocenters. The number of halogens is 2. The van der Waals surface area contributed by atoms with Gasteiger partial charge in [0.05, 0.1) is 6.54 Å². The van der Waals surface area contributed by atoms with E-state index in [1.807, 2.05) is 18.7 Å². The summed E-state index contributed by atoms with van der Waals surface area (Å²) < 4.78 is 25.7. The first-order valence-corrected chi connectivity index (χ1v) is 6.16. The lowest BCUT2D eigenvalue weighted by atomic mass is 10.0. The molecule has 2 aliphatic rings. The van der Waals surface area contributed by atoms with Crippen LogP contribution in [0.1, 0.15) is 46.5 Å². The first-order chi connectivity index (χ1) is 7.05. The second kappa shape index (κ2) is 4.77. The monoisotopic (exact) mass is 219 g/mol. The van der Waals surface area contributed by atoms with Gasteiger partial charge < -0.3 is 0 Å². The summed E-state index contributed by atoms with van der Waals surface area (Å²) in [6.45, 7) is 7.66. The van der Waals surface area contributed by atoms with Crippen molar-refractivity contribution in [2.45, 2.75) is 52.4 Å². The van der Waals surface area contributed by atoms with E-state index in [1.165, 1.54) is 12.8 Å². The predicted octanol–water partition coefficient (Wildman–Crippen LogP) is 3.54. The minimum absolute atomic E-state index is 0.00521. The van der Waals surface area contributed by atoms with E-state index in [4.69, 9.17) is 0 Å². The van der Waals surface area contributed by atoms with Crippen LogP contribution in [0.4, 0.5) is 8.78 Å². The Balaban J connectivity index is 0.000000531. The fraction of sp³-hybridized carbons (Fsp3) is 1.00. The van der Waals surface area contributed by atoms with Gasteiger partial charge in [0.2, 0.25) is 0 Å². The molecule has 0 bridgehead atoms. The summed E-state index contributed by atoms with van der Waals surface area (Å²) in [4.78, 5) is 1.94. The molecule has 0 aromatic rings. The molecular formula is C12H23F2N. The van der Waals surface area contributed by atoms with Gasteiger partial charge in [-0.2, -0.15) is 0 Å². The highest BCUT2D eigenvalue weighted by Gasteiger charge is 2.46. The fourth-order valence-electron chi connectivity index (χ4n) is 2.22. The number of alkyl halides is 2. The van der Waals surface area contributed by atoms with E-state index in [2.05, 4.69) is 6.92 Å². The average molecular weight is 219 g/mol. The van der Waals surface area contributed by atoms with Crippen molar-refractivity contribution in [2.24, 2.45) is 5.41 Å². The number of nitrogens with zero attached hydrogens (tertiary/aromatic N) is 1. The largest absolute Gasteiger partial charge is 0.297 e. The minimum Gasteiger partial charge on any atom is -0.297 e. The summed E-state index contributed by atoms with van der Waals surface area (Å²) in [5.74, 6) is -2.41. The zero-order valence-corrected chi connectivity index (χ0v) is 10.2. The van der Waals surface area contributed by atoms with Crippen LogP contribution in [0.5, 0.6) is 0 Å². The zero-order valence-electron chi connectivity index (χ0n) is 10.2. The second-order valence-electron chi connectivity index (χ2n) is 4.67. The van der Waals surface area contributed by atoms with Crippen LogP contribution in [-0.4, -0.2) is 30.5 Å². The lowest BCUT2D eigenvalue weighted by Gasteiger charge is -2.21. The van der Waals surface area contributed by atoms with Crippen LogP contribution in [-0.2, 0) is 0 Å². The molecule has 1 nitrogen and oxygen atoms in total. The Morgan fingerprint density at radius 2 is 1.73 bits per heavy atom. The lowest BCUT2D eigenvalue weighted by Crippen LogP contribution is -2.30. The third kappa shape index (κ3) is 3.40. The maximum absolute atomic E-state index is 12.9. The molecule has 0 amide bonds. The van der Waals surface area contributed by atoms with Gasteiger partial charge in [-0.15, -0.1) is 0 Å². The molecule has 2 rings (SSSR count). The summed E-state index contributed by atoms with van der Waals surface area (Å²) in [5, 5.41) is 0. The molecule has 0 aromatic heterocycles. The Labute approximate surface area is 91.8 Å². The molecule has 0 atom stereocenters. The molecule has 0 N–H and O–H groups in total. The van der Waals surface area contributed by atoms with Gasteiger partial charge in [0.1, 0.15) is 0 Å². The predicted molar refractivity (Wildman–Crippen MR) is 59.3 cm³/mol. The van der Waals surface area contributed by atoms with Gasteiger partial charge in [-0.1, -0.05) is 20.8 Å². The van der Waals surface area contributed by atoms with Crippen molar-refractivity contribution in [3.63, 3.8) is 0 Å². The Hall–Kier alpha value is -0.180. The molecule has 0 aromatic carbocycles. The van der Waals surface area contributed by atoms with Gasteiger partial charge in [0, 0.05) is 19.5 Å². The molecule has 1 saturated carbocycles. The maximum atomic E-state index is 12.9. The van der Waals surface area contributed by atoms with Crippen molar-refractivity contribution in [1.82, 2.24) is 4.90 Å². The quantitative estimate of drug-likeness (QED) is 0.701. The normalized spacial score (nSPS) is 27.0. The maximum Gasteiger partial charge on any atom is 0.261 e. The topological polar surface area (TPSA) is 3.24 Å². The van der Waals surface area contributed by atoms with Crippen LogP contribution in [0.15, 0.2) is 0 Å². The van der Waals surface area contributed by atoms with Gasteiger partial charge in [0.25, 0.3) is 5.92 Å². The number of hydrogen-bond donors (Lipinski definition) is 0. The molecule has 0 spiro atoms. The molecule has 1 aliphatic carbocycles. The average Bonchev–Trinajstić information content (AvgIpc) is 2.90. The van der Waals surface area contributed by atoms with Gasteiger partial charge in [-0.05, 0) is 24.7 Å². The Kier molecular flexibility index (Phi) is 4.10. The molecule has 15 heavy (non-hydrogen) atoms. The Morgan fingerprint density at radius 1 is 1.13 bits per heavy atom. The van der Waals surface area contributed by atoms with Crippen LogP contribution in [0.2, 0.25) is 0 Å². The third-order valence-corrected chi connectivity index (χ3v) is 3.51. The molecule has 0 radical (unpaired) electrons. The van der Waals surface area contributed by atoms with Gasteiger partial charge in [0.15, 0.2) is 0 Å². The standard InChI is InChI=1S/C10H17F2N.C2H6/c1-2-9(3-4-9)7-13-6-5-10(11,12)8-13;1-2/h2-8H2,1H3;1-2H3. The summed E-state index contributed by atoms with van der Waals surface area (Å²) in [6, 6.07) is 0. The van der Waals surface area contributed by atoms with E-state index in [0.717, 1.165) is 13.0 Å². The van der Waals surface area contributed by atoms with Crippen molar-refractivity contribution in [1.29, 1.82) is 0 Å². The Bertz CT molecular complexity index is 200. The number of likely N-dealkylation sites (tertiary alicyclic amines) is 1. The first kappa shape index (κ1) is 12.9. The zero-order chi connectivity index (χ0) is 11.5. The van der Waals surface area contributed by atoms with Crippen molar-refractivity contribution < 1.29 is 8.78 Å². The van der Waals surface area contributed by atoms with Crippen molar-refractivity contribution in [2.75, 3.05) is 19.6 Å². The van der Waals surface area contributed by atoms with Crippen LogP contribution < -0.4 is 0 Å². The highest BCUT2D eigenvalue weighted by molar-refractivity contribution is 4.96. The van der Waals surface area contributed by atoms with Crippen molar-refractivity contribution in [3.8, 4) is 0 Å². The van der Waals surface area contributed by atoms with E-state index in [1.54, 1.807) is 0 Å². The summed E-state index contributed by atoms with van der Waals surface area (Å²) in [5.41, 5.74) is 0.417. The van der Waals surface area contributed by atoms with E-state index in [0.29, 0.717) is 12.0 Å². The fourth-order valence-corrected chi connectivity index (χ4v) is 2.22. The summed E-state index contributed by atoms with van der Waals surface area (Å²) >= 11 is 0. The number of hydrogen-bond acceptors (Lipinski definition) is 1. The summed E-state index contributed by atoms with van der Waals surface area (Å²) in [7, 11) is 0. The highest BCUT2D eigenvalue weighted by Crippen LogP contribution is 2.49. The minimum atomic E-state index is -2.41. The van der Waals surface area contributed by atoms with E-state index >= 15 is 0 Å². The molecule has 2 fully saturated rings. The van der Waals surface area contributed by atoms with E-state index in [-0.39, 0.29) is 13.0 Å². The Morgan fingerprint density at radius 3 is 2.07 bits per heavy atom. The van der Waals surface area contributed by atoms with Crippen LogP contribution in [0, 0.1) is 5.41 Å².